The van der Waals surface area contributed by atoms with Crippen molar-refractivity contribution in [1.29, 1.82) is 0 Å². The topological polar surface area (TPSA) is 118 Å². The second-order valence-electron chi connectivity index (χ2n) is 6.30. The maximum Gasteiger partial charge on any atom is 0.573 e. The molecule has 33 heavy (non-hydrogen) atoms. The van der Waals surface area contributed by atoms with Crippen LogP contribution < -0.4 is 15.2 Å². The van der Waals surface area contributed by atoms with E-state index in [2.05, 4.69) is 14.5 Å². The summed E-state index contributed by atoms with van der Waals surface area (Å²) in [5.41, 5.74) is 4.93. The summed E-state index contributed by atoms with van der Waals surface area (Å²) in [5, 5.41) is 0. The fourth-order valence-electron chi connectivity index (χ4n) is 2.61. The van der Waals surface area contributed by atoms with Crippen LogP contribution in [0.1, 0.15) is 10.5 Å². The summed E-state index contributed by atoms with van der Waals surface area (Å²) in [6.45, 7) is 0. The van der Waals surface area contributed by atoms with Crippen LogP contribution in [0.25, 0.3) is 0 Å². The van der Waals surface area contributed by atoms with Crippen molar-refractivity contribution in [3.8, 4) is 17.4 Å². The number of hydrogen-bond donors (Lipinski definition) is 1. The number of pyridine rings is 1. The van der Waals surface area contributed by atoms with E-state index in [0.717, 1.165) is 49.6 Å². The quantitative estimate of drug-likeness (QED) is 0.409. The molecule has 0 fully saturated rings. The second kappa shape index (κ2) is 8.94. The van der Waals surface area contributed by atoms with E-state index in [9.17, 15) is 30.8 Å². The van der Waals surface area contributed by atoms with Crippen LogP contribution in [0.4, 0.5) is 23.2 Å². The van der Waals surface area contributed by atoms with E-state index in [1.54, 1.807) is 0 Å². The molecule has 13 heteroatoms. The minimum atomic E-state index is -4.96. The molecular formula is C20H14F4N2O6S. The molecule has 0 radical (unpaired) electrons. The number of carbonyl (C=O) groups excluding carboxylic acids is 1. The number of alkyl halides is 3. The van der Waals surface area contributed by atoms with Gasteiger partial charge in [-0.15, -0.1) is 13.2 Å². The van der Waals surface area contributed by atoms with Crippen LogP contribution in [0.3, 0.4) is 0 Å². The Hall–Kier alpha value is -3.87. The van der Waals surface area contributed by atoms with Gasteiger partial charge in [0.05, 0.1) is 17.7 Å². The maximum absolute atomic E-state index is 13.5. The van der Waals surface area contributed by atoms with Gasteiger partial charge in [0, 0.05) is 6.07 Å². The Labute approximate surface area is 184 Å². The highest BCUT2D eigenvalue weighted by atomic mass is 32.2. The number of methoxy groups -OCH3 is 1. The number of carbonyl (C=O) groups is 1. The van der Waals surface area contributed by atoms with Crippen LogP contribution >= 0.6 is 0 Å². The molecule has 1 heterocycles. The molecule has 3 rings (SSSR count). The summed E-state index contributed by atoms with van der Waals surface area (Å²) in [4.78, 5) is 14.7. The number of ether oxygens (including phenoxy) is 3. The molecule has 0 aliphatic carbocycles. The van der Waals surface area contributed by atoms with Crippen molar-refractivity contribution in [2.45, 2.75) is 16.2 Å². The van der Waals surface area contributed by atoms with Crippen LogP contribution in [0.15, 0.2) is 64.4 Å². The number of nitrogens with zero attached hydrogens (tertiary/aromatic N) is 1. The summed E-state index contributed by atoms with van der Waals surface area (Å²) >= 11 is 0. The molecule has 8 nitrogen and oxygen atoms in total. The molecule has 0 saturated heterocycles. The molecule has 3 aromatic rings. The molecular weight excluding hydrogens is 472 g/mol. The summed E-state index contributed by atoms with van der Waals surface area (Å²) in [5.74, 6) is -3.11. The van der Waals surface area contributed by atoms with E-state index in [4.69, 9.17) is 10.5 Å². The van der Waals surface area contributed by atoms with Crippen LogP contribution in [0.5, 0.6) is 17.4 Å². The molecule has 0 aliphatic rings. The van der Waals surface area contributed by atoms with Gasteiger partial charge < -0.3 is 19.9 Å². The van der Waals surface area contributed by atoms with E-state index >= 15 is 0 Å². The zero-order chi connectivity index (χ0) is 24.4. The predicted octanol–water partition coefficient (Wildman–Crippen LogP) is 4.11. The van der Waals surface area contributed by atoms with Crippen LogP contribution in [-0.4, -0.2) is 32.8 Å². The van der Waals surface area contributed by atoms with E-state index < -0.39 is 55.1 Å². The number of rotatable bonds is 6. The monoisotopic (exact) mass is 486 g/mol. The largest absolute Gasteiger partial charge is 0.573 e. The lowest BCUT2D eigenvalue weighted by molar-refractivity contribution is -0.274. The number of aromatic nitrogens is 1. The summed E-state index contributed by atoms with van der Waals surface area (Å²) < 4.78 is 90.7. The maximum atomic E-state index is 13.5. The molecule has 0 spiro atoms. The van der Waals surface area contributed by atoms with E-state index in [0.29, 0.717) is 0 Å². The van der Waals surface area contributed by atoms with Gasteiger partial charge in [0.15, 0.2) is 5.69 Å². The molecule has 0 aliphatic heterocycles. The highest BCUT2D eigenvalue weighted by molar-refractivity contribution is 7.91. The van der Waals surface area contributed by atoms with Crippen LogP contribution in [-0.2, 0) is 14.6 Å². The molecule has 2 aromatic carbocycles. The van der Waals surface area contributed by atoms with E-state index in [-0.39, 0.29) is 11.4 Å². The SMILES string of the molecule is COC(=O)c1nc(Oc2cccc(F)c2)c(S(=O)(=O)c2ccc(OC(F)(F)F)cc2)cc1N. The summed E-state index contributed by atoms with van der Waals surface area (Å²) in [6.07, 6.45) is -4.96. The molecule has 0 amide bonds. The zero-order valence-electron chi connectivity index (χ0n) is 16.6. The van der Waals surface area contributed by atoms with Gasteiger partial charge >= 0.3 is 12.3 Å². The average molecular weight is 486 g/mol. The molecule has 2 N–H and O–H groups in total. The van der Waals surface area contributed by atoms with Gasteiger partial charge in [0.2, 0.25) is 15.7 Å². The number of nitrogens with two attached hydrogens (primary N) is 1. The highest BCUT2D eigenvalue weighted by Gasteiger charge is 2.32. The van der Waals surface area contributed by atoms with Crippen molar-refractivity contribution in [3.63, 3.8) is 0 Å². The molecule has 0 saturated carbocycles. The lowest BCUT2D eigenvalue weighted by Gasteiger charge is -2.14. The fraction of sp³-hybridized carbons (Fsp3) is 0.100. The van der Waals surface area contributed by atoms with Crippen molar-refractivity contribution in [2.24, 2.45) is 0 Å². The van der Waals surface area contributed by atoms with E-state index in [1.165, 1.54) is 12.1 Å². The Morgan fingerprint density at radius 2 is 1.70 bits per heavy atom. The predicted molar refractivity (Wildman–Crippen MR) is 105 cm³/mol. The van der Waals surface area contributed by atoms with Crippen LogP contribution in [0.2, 0.25) is 0 Å². The lowest BCUT2D eigenvalue weighted by atomic mass is 10.3. The van der Waals surface area contributed by atoms with Crippen molar-refractivity contribution >= 4 is 21.5 Å². The number of esters is 1. The molecule has 174 valence electrons. The Morgan fingerprint density at radius 1 is 1.03 bits per heavy atom. The number of nitrogen functional groups attached to an aromatic ring is 1. The average Bonchev–Trinajstić information content (AvgIpc) is 2.73. The van der Waals surface area contributed by atoms with Crippen molar-refractivity contribution in [1.82, 2.24) is 4.98 Å². The Kier molecular flexibility index (Phi) is 6.44. The Balaban J connectivity index is 2.11. The van der Waals surface area contributed by atoms with Gasteiger partial charge in [-0.05, 0) is 42.5 Å². The first-order valence-electron chi connectivity index (χ1n) is 8.84. The van der Waals surface area contributed by atoms with Crippen molar-refractivity contribution < 1.29 is 45.0 Å². The standard InChI is InChI=1S/C20H14F4N2O6S/c1-30-19(27)17-15(25)10-16(18(26-17)31-13-4-2-3-11(21)9-13)33(28,29)14-7-5-12(6-8-14)32-20(22,23)24/h2-10H,25H2,1H3. The Bertz CT molecular complexity index is 1290. The molecule has 0 atom stereocenters. The second-order valence-corrected chi connectivity index (χ2v) is 8.22. The molecule has 0 bridgehead atoms. The van der Waals surface area contributed by atoms with Gasteiger partial charge in [-0.3, -0.25) is 0 Å². The Morgan fingerprint density at radius 3 is 2.27 bits per heavy atom. The first-order valence-corrected chi connectivity index (χ1v) is 10.3. The highest BCUT2D eigenvalue weighted by Crippen LogP contribution is 2.35. The van der Waals surface area contributed by atoms with Gasteiger partial charge in [-0.25, -0.2) is 22.6 Å². The molecule has 0 unspecified atom stereocenters. The number of halogens is 4. The third kappa shape index (κ3) is 5.49. The van der Waals surface area contributed by atoms with Gasteiger partial charge in [-0.2, -0.15) is 0 Å². The number of sulfone groups is 1. The third-order valence-corrected chi connectivity index (χ3v) is 5.79. The van der Waals surface area contributed by atoms with Gasteiger partial charge in [0.1, 0.15) is 22.2 Å². The summed E-state index contributed by atoms with van der Waals surface area (Å²) in [7, 11) is -3.43. The normalized spacial score (nSPS) is 11.7. The fourth-order valence-corrected chi connectivity index (χ4v) is 3.96. The third-order valence-electron chi connectivity index (χ3n) is 4.03. The van der Waals surface area contributed by atoms with Crippen molar-refractivity contribution in [2.75, 3.05) is 12.8 Å². The molecule has 1 aromatic heterocycles. The minimum absolute atomic E-state index is 0.145. The van der Waals surface area contributed by atoms with Crippen LogP contribution in [0, 0.1) is 5.82 Å². The first kappa shape index (κ1) is 23.8. The minimum Gasteiger partial charge on any atom is -0.464 e. The van der Waals surface area contributed by atoms with Crippen molar-refractivity contribution in [3.05, 3.63) is 66.1 Å². The van der Waals surface area contributed by atoms with E-state index in [1.807, 2.05) is 0 Å². The first-order chi connectivity index (χ1) is 15.4. The number of hydrogen-bond acceptors (Lipinski definition) is 8. The number of anilines is 1. The lowest BCUT2D eigenvalue weighted by Crippen LogP contribution is -2.17. The smallest absolute Gasteiger partial charge is 0.464 e. The summed E-state index contributed by atoms with van der Waals surface area (Å²) in [6, 6.07) is 8.86. The number of benzene rings is 2. The zero-order valence-corrected chi connectivity index (χ0v) is 17.4. The van der Waals surface area contributed by atoms with Gasteiger partial charge in [-0.1, -0.05) is 6.07 Å². The van der Waals surface area contributed by atoms with Gasteiger partial charge in [0.25, 0.3) is 0 Å².